The molecular weight excluding hydrogens is 745 g/mol. The van der Waals surface area contributed by atoms with Crippen LogP contribution < -0.4 is 21.5 Å². The van der Waals surface area contributed by atoms with Gasteiger partial charge in [0.15, 0.2) is 5.82 Å². The Hall–Kier alpha value is -7.08. The van der Waals surface area contributed by atoms with Crippen LogP contribution in [0.15, 0.2) is 54.7 Å². The highest BCUT2D eigenvalue weighted by molar-refractivity contribution is 6.12. The van der Waals surface area contributed by atoms with Crippen molar-refractivity contribution < 1.29 is 29.0 Å². The number of benzene rings is 2. The van der Waals surface area contributed by atoms with Gasteiger partial charge in [-0.15, -0.1) is 0 Å². The zero-order valence-corrected chi connectivity index (χ0v) is 32.8. The van der Waals surface area contributed by atoms with E-state index >= 15 is 0 Å². The highest BCUT2D eigenvalue weighted by Gasteiger charge is 2.23. The number of aromatic nitrogens is 9. The molecule has 0 unspecified atom stereocenters. The Labute approximate surface area is 332 Å². The van der Waals surface area contributed by atoms with Crippen molar-refractivity contribution in [3.63, 3.8) is 0 Å². The second-order valence-electron chi connectivity index (χ2n) is 13.6. The fraction of sp³-hybridized carbons (Fsp3) is 0.300. The maximum absolute atomic E-state index is 13.6. The minimum atomic E-state index is -0.739. The first-order valence-corrected chi connectivity index (χ1v) is 18.7. The second-order valence-corrected chi connectivity index (χ2v) is 13.6. The number of nitrogens with zero attached hydrogens (tertiary/aromatic N) is 9. The van der Waals surface area contributed by atoms with Crippen molar-refractivity contribution in [2.75, 3.05) is 25.6 Å². The Bertz CT molecular complexity index is 2760. The lowest BCUT2D eigenvalue weighted by Crippen LogP contribution is -2.19. The third-order valence-corrected chi connectivity index (χ3v) is 9.63. The summed E-state index contributed by atoms with van der Waals surface area (Å²) in [5, 5.41) is 24.3. The number of phenols is 1. The topological polar surface area (TPSA) is 238 Å². The van der Waals surface area contributed by atoms with Gasteiger partial charge in [-0.05, 0) is 64.1 Å². The van der Waals surface area contributed by atoms with Crippen LogP contribution in [0.5, 0.6) is 11.5 Å². The van der Waals surface area contributed by atoms with Gasteiger partial charge in [0.05, 0.1) is 29.0 Å². The van der Waals surface area contributed by atoms with Crippen molar-refractivity contribution >= 4 is 56.6 Å². The minimum absolute atomic E-state index is 0.0624. The Morgan fingerprint density at radius 2 is 1.52 bits per heavy atom. The Balaban J connectivity index is 1.32. The molecule has 6 N–H and O–H groups in total. The molecule has 0 radical (unpaired) electrons. The maximum Gasteiger partial charge on any atom is 0.276 e. The van der Waals surface area contributed by atoms with Crippen LogP contribution in [0.1, 0.15) is 62.9 Å². The summed E-state index contributed by atoms with van der Waals surface area (Å²) < 4.78 is 18.5. The number of fused-ring (bicyclic) bond motifs is 4. The predicted molar refractivity (Wildman–Crippen MR) is 217 cm³/mol. The van der Waals surface area contributed by atoms with E-state index < -0.39 is 17.7 Å². The quantitative estimate of drug-likeness (QED) is 0.0787. The van der Waals surface area contributed by atoms with Gasteiger partial charge >= 0.3 is 0 Å². The van der Waals surface area contributed by atoms with Gasteiger partial charge in [0.25, 0.3) is 5.91 Å². The van der Waals surface area contributed by atoms with E-state index in [-0.39, 0.29) is 46.9 Å². The van der Waals surface area contributed by atoms with Crippen LogP contribution in [0, 0.1) is 13.8 Å². The van der Waals surface area contributed by atoms with Gasteiger partial charge in [0, 0.05) is 74.4 Å². The van der Waals surface area contributed by atoms with E-state index in [0.29, 0.717) is 77.6 Å². The molecule has 5 aromatic heterocycles. The summed E-state index contributed by atoms with van der Waals surface area (Å²) in [5.41, 5.74) is 16.0. The van der Waals surface area contributed by atoms with E-state index in [2.05, 4.69) is 20.5 Å². The van der Waals surface area contributed by atoms with Gasteiger partial charge in [-0.2, -0.15) is 10.2 Å². The van der Waals surface area contributed by atoms with Crippen molar-refractivity contribution in [3.05, 3.63) is 83.0 Å². The predicted octanol–water partition coefficient (Wildman–Crippen LogP) is 4.48. The number of nitrogens with one attached hydrogen (secondary N) is 1. The lowest BCUT2D eigenvalue weighted by Gasteiger charge is -2.12. The number of carbonyl (C=O) groups is 3. The van der Waals surface area contributed by atoms with Gasteiger partial charge in [-0.25, -0.2) is 15.0 Å². The number of anilines is 1. The summed E-state index contributed by atoms with van der Waals surface area (Å²) in [6.07, 6.45) is 6.09. The molecule has 0 saturated heterocycles. The molecule has 0 bridgehead atoms. The standard InChI is InChI=1S/C40H44N12O6/c1-6-51-29(15-22(3)47-51)37-43-21-27-26-17-24(35(41)54)20-32(58-14-10-13-57-5)33(26)49(38(27)45-37)11-8-9-12-50-34-28(18-25(36(42)55)19-31(34)53)44-40(50)46-39(56)30-16-23(4)48-52(30)7-2/h8-9,15-21,53H,6-7,10-14H2,1-5H3,(H2,41,54)(H2,42,55)(H,44,46,56). The molecule has 0 atom stereocenters. The van der Waals surface area contributed by atoms with Crippen molar-refractivity contribution in [3.8, 4) is 23.0 Å². The normalized spacial score (nSPS) is 11.7. The summed E-state index contributed by atoms with van der Waals surface area (Å²) in [6, 6.07) is 9.68. The maximum atomic E-state index is 13.6. The number of rotatable bonds is 16. The number of imidazole rings is 1. The summed E-state index contributed by atoms with van der Waals surface area (Å²) >= 11 is 0. The summed E-state index contributed by atoms with van der Waals surface area (Å²) in [5.74, 6) is -1.01. The molecule has 0 saturated carbocycles. The molecule has 0 aliphatic heterocycles. The third kappa shape index (κ3) is 7.43. The first kappa shape index (κ1) is 39.2. The van der Waals surface area contributed by atoms with E-state index in [1.807, 2.05) is 48.2 Å². The highest BCUT2D eigenvalue weighted by atomic mass is 16.5. The molecule has 5 heterocycles. The molecule has 3 amide bonds. The largest absolute Gasteiger partial charge is 0.506 e. The number of carbonyl (C=O) groups excluding carboxylic acids is 3. The van der Waals surface area contributed by atoms with Crippen molar-refractivity contribution in [2.24, 2.45) is 11.5 Å². The number of nitrogens with two attached hydrogens (primary N) is 2. The zero-order chi connectivity index (χ0) is 41.2. The molecule has 18 heteroatoms. The molecule has 0 fully saturated rings. The number of aromatic hydroxyl groups is 1. The van der Waals surface area contributed by atoms with Crippen LogP contribution in [0.2, 0.25) is 0 Å². The van der Waals surface area contributed by atoms with Crippen LogP contribution in [0.25, 0.3) is 44.5 Å². The summed E-state index contributed by atoms with van der Waals surface area (Å²) in [4.78, 5) is 52.5. The number of amides is 3. The van der Waals surface area contributed by atoms with Crippen molar-refractivity contribution in [1.29, 1.82) is 0 Å². The average Bonchev–Trinajstić information content (AvgIpc) is 3.96. The monoisotopic (exact) mass is 788 g/mol. The lowest BCUT2D eigenvalue weighted by atomic mass is 10.1. The minimum Gasteiger partial charge on any atom is -0.506 e. The molecule has 7 aromatic rings. The number of primary amides is 2. The van der Waals surface area contributed by atoms with Gasteiger partial charge in [0.2, 0.25) is 17.8 Å². The van der Waals surface area contributed by atoms with Crippen LogP contribution in [0.4, 0.5) is 5.95 Å². The van der Waals surface area contributed by atoms with Crippen LogP contribution in [-0.4, -0.2) is 86.8 Å². The fourth-order valence-corrected chi connectivity index (χ4v) is 7.03. The molecule has 0 aliphatic carbocycles. The molecule has 0 aliphatic rings. The molecule has 300 valence electrons. The molecule has 7 rings (SSSR count). The Morgan fingerprint density at radius 1 is 0.828 bits per heavy atom. The number of allylic oxidation sites excluding steroid dienone is 2. The number of aryl methyl sites for hydroxylation is 4. The molecule has 18 nitrogen and oxygen atoms in total. The number of phenolic OH excluding ortho intramolecular Hbond substituents is 1. The molecular formula is C40H44N12O6. The third-order valence-electron chi connectivity index (χ3n) is 9.63. The molecule has 2 aromatic carbocycles. The SMILES string of the molecule is CCn1nc(C)cc1C(=O)Nc1nc2cc(C(N)=O)cc(O)c2n1CC=CCn1c2nc(-c3cc(C)nn3CC)ncc2c2cc(C(N)=O)cc(OCCCOC)c21. The van der Waals surface area contributed by atoms with Crippen LogP contribution in [-0.2, 0) is 30.9 Å². The molecule has 58 heavy (non-hydrogen) atoms. The number of hydrogen-bond donors (Lipinski definition) is 4. The number of methoxy groups -OCH3 is 1. The van der Waals surface area contributed by atoms with Crippen molar-refractivity contribution in [1.82, 2.24) is 43.6 Å². The highest BCUT2D eigenvalue weighted by Crippen LogP contribution is 2.37. The number of ether oxygens (including phenoxy) is 2. The smallest absolute Gasteiger partial charge is 0.276 e. The lowest BCUT2D eigenvalue weighted by molar-refractivity contribution is 0.0991. The van der Waals surface area contributed by atoms with E-state index in [9.17, 15) is 19.5 Å². The Kier molecular flexibility index (Phi) is 10.9. The van der Waals surface area contributed by atoms with E-state index in [1.165, 1.54) is 12.1 Å². The molecule has 0 spiro atoms. The first-order valence-electron chi connectivity index (χ1n) is 18.7. The second kappa shape index (κ2) is 16.2. The van der Waals surface area contributed by atoms with E-state index in [0.717, 1.165) is 11.4 Å². The van der Waals surface area contributed by atoms with Crippen LogP contribution >= 0.6 is 0 Å². The van der Waals surface area contributed by atoms with E-state index in [4.69, 9.17) is 30.9 Å². The van der Waals surface area contributed by atoms with Gasteiger partial charge in [-0.1, -0.05) is 12.2 Å². The first-order chi connectivity index (χ1) is 27.9. The van der Waals surface area contributed by atoms with E-state index in [1.54, 1.807) is 47.7 Å². The van der Waals surface area contributed by atoms with Crippen LogP contribution in [0.3, 0.4) is 0 Å². The fourth-order valence-electron chi connectivity index (χ4n) is 7.03. The van der Waals surface area contributed by atoms with Gasteiger partial charge in [0.1, 0.15) is 34.1 Å². The Morgan fingerprint density at radius 3 is 2.22 bits per heavy atom. The number of hydrogen-bond acceptors (Lipinski definition) is 11. The summed E-state index contributed by atoms with van der Waals surface area (Å²) in [6.45, 7) is 9.87. The zero-order valence-electron chi connectivity index (χ0n) is 32.8. The summed E-state index contributed by atoms with van der Waals surface area (Å²) in [7, 11) is 1.62. The average molecular weight is 789 g/mol. The van der Waals surface area contributed by atoms with Gasteiger partial charge in [-0.3, -0.25) is 29.1 Å². The van der Waals surface area contributed by atoms with Crippen molar-refractivity contribution in [2.45, 2.75) is 60.3 Å². The van der Waals surface area contributed by atoms with Gasteiger partial charge < -0.3 is 35.2 Å².